The van der Waals surface area contributed by atoms with Crippen LogP contribution in [0.4, 0.5) is 0 Å². The Labute approximate surface area is 108 Å². The minimum Gasteiger partial charge on any atom is -0.0619 e. The maximum Gasteiger partial charge on any atom is 0.152 e. The zero-order chi connectivity index (χ0) is 12.1. The van der Waals surface area contributed by atoms with E-state index in [9.17, 15) is 0 Å². The molecule has 0 saturated carbocycles. The first kappa shape index (κ1) is 12.3. The zero-order valence-electron chi connectivity index (χ0n) is 10.4. The number of benzene rings is 2. The Morgan fingerprint density at radius 1 is 0.882 bits per heavy atom. The van der Waals surface area contributed by atoms with Crippen molar-refractivity contribution in [2.24, 2.45) is 0 Å². The molecule has 0 amide bonds. The van der Waals surface area contributed by atoms with Gasteiger partial charge in [0.1, 0.15) is 5.75 Å². The van der Waals surface area contributed by atoms with Crippen LogP contribution in [0.2, 0.25) is 0 Å². The molecule has 0 atom stereocenters. The Kier molecular flexibility index (Phi) is 4.27. The smallest absolute Gasteiger partial charge is 0.0619 e. The lowest BCUT2D eigenvalue weighted by Gasteiger charge is -2.04. The largest absolute Gasteiger partial charge is 0.152 e. The summed E-state index contributed by atoms with van der Waals surface area (Å²) in [7, 11) is 0. The van der Waals surface area contributed by atoms with Gasteiger partial charge in [0.25, 0.3) is 0 Å². The standard InChI is InChI=1S/C16H18S/c1-13(2)15-10-8-14(9-11-15)12-17-16-6-4-3-5-7-16/h3-11,13H,12H2,1-2H3/p+1. The van der Waals surface area contributed by atoms with Crippen LogP contribution in [0.3, 0.4) is 0 Å². The highest BCUT2D eigenvalue weighted by Gasteiger charge is 2.04. The molecule has 17 heavy (non-hydrogen) atoms. The summed E-state index contributed by atoms with van der Waals surface area (Å²) in [6.07, 6.45) is 0. The van der Waals surface area contributed by atoms with Crippen molar-refractivity contribution in [1.82, 2.24) is 0 Å². The normalized spacial score (nSPS) is 10.8. The van der Waals surface area contributed by atoms with E-state index in [-0.39, 0.29) is 0 Å². The van der Waals surface area contributed by atoms with Crippen LogP contribution in [0.1, 0.15) is 30.9 Å². The minimum absolute atomic E-state index is 0.621. The summed E-state index contributed by atoms with van der Waals surface area (Å²) in [5, 5.41) is 0. The van der Waals surface area contributed by atoms with Crippen molar-refractivity contribution in [2.75, 3.05) is 0 Å². The van der Waals surface area contributed by atoms with Crippen molar-refractivity contribution >= 4 is 11.8 Å². The summed E-state index contributed by atoms with van der Waals surface area (Å²) in [5.74, 6) is 1.72. The van der Waals surface area contributed by atoms with Gasteiger partial charge < -0.3 is 0 Å². The SMILES string of the molecule is CC(C)c1ccc(C[SH+]c2ccccc2)cc1. The van der Waals surface area contributed by atoms with Crippen molar-refractivity contribution in [3.05, 3.63) is 65.7 Å². The first-order valence-corrected chi connectivity index (χ1v) is 7.15. The Morgan fingerprint density at radius 2 is 1.53 bits per heavy atom. The highest BCUT2D eigenvalue weighted by Crippen LogP contribution is 2.16. The van der Waals surface area contributed by atoms with Crippen LogP contribution in [0.25, 0.3) is 0 Å². The van der Waals surface area contributed by atoms with Crippen molar-refractivity contribution < 1.29 is 0 Å². The molecule has 0 aliphatic heterocycles. The highest BCUT2D eigenvalue weighted by atomic mass is 32.2. The Morgan fingerprint density at radius 3 is 2.12 bits per heavy atom. The average Bonchev–Trinajstić information content (AvgIpc) is 2.38. The van der Waals surface area contributed by atoms with Crippen LogP contribution in [-0.2, 0) is 17.5 Å². The van der Waals surface area contributed by atoms with Gasteiger partial charge in [0, 0.05) is 17.3 Å². The quantitative estimate of drug-likeness (QED) is 0.558. The predicted molar refractivity (Wildman–Crippen MR) is 77.7 cm³/mol. The first-order valence-electron chi connectivity index (χ1n) is 6.07. The Bertz CT molecular complexity index is 443. The van der Waals surface area contributed by atoms with Gasteiger partial charge in [-0.1, -0.05) is 56.3 Å². The summed E-state index contributed by atoms with van der Waals surface area (Å²) in [5.41, 5.74) is 2.84. The fourth-order valence-electron chi connectivity index (χ4n) is 1.72. The summed E-state index contributed by atoms with van der Waals surface area (Å²) < 4.78 is 0. The molecule has 2 aromatic rings. The van der Waals surface area contributed by atoms with E-state index < -0.39 is 0 Å². The molecule has 88 valence electrons. The van der Waals surface area contributed by atoms with Crippen molar-refractivity contribution in [3.8, 4) is 0 Å². The van der Waals surface area contributed by atoms with Crippen molar-refractivity contribution in [2.45, 2.75) is 30.4 Å². The van der Waals surface area contributed by atoms with E-state index in [1.165, 1.54) is 27.8 Å². The maximum absolute atomic E-state index is 2.26. The van der Waals surface area contributed by atoms with Gasteiger partial charge in [0.2, 0.25) is 0 Å². The number of hydrogen-bond donors (Lipinski definition) is 0. The molecule has 0 nitrogen and oxygen atoms in total. The van der Waals surface area contributed by atoms with Crippen LogP contribution in [0.5, 0.6) is 0 Å². The molecule has 0 N–H and O–H groups in total. The van der Waals surface area contributed by atoms with Gasteiger partial charge in [0.15, 0.2) is 4.90 Å². The molecular formula is C16H19S+. The molecule has 0 aromatic heterocycles. The summed E-state index contributed by atoms with van der Waals surface area (Å²) in [4.78, 5) is 1.39. The molecule has 0 heterocycles. The molecule has 0 aliphatic rings. The van der Waals surface area contributed by atoms with Crippen LogP contribution >= 0.6 is 0 Å². The predicted octanol–water partition coefficient (Wildman–Crippen LogP) is 4.18. The van der Waals surface area contributed by atoms with E-state index in [0.29, 0.717) is 5.92 Å². The molecule has 1 heteroatoms. The minimum atomic E-state index is 0.621. The molecular weight excluding hydrogens is 224 g/mol. The maximum atomic E-state index is 2.26. The third-order valence-electron chi connectivity index (χ3n) is 2.85. The van der Waals surface area contributed by atoms with E-state index in [0.717, 1.165) is 5.75 Å². The molecule has 2 aromatic carbocycles. The van der Waals surface area contributed by atoms with Gasteiger partial charge in [0.05, 0.1) is 0 Å². The first-order chi connectivity index (χ1) is 8.25. The highest BCUT2D eigenvalue weighted by molar-refractivity contribution is 7.77. The fraction of sp³-hybridized carbons (Fsp3) is 0.250. The molecule has 0 bridgehead atoms. The van der Waals surface area contributed by atoms with Crippen LogP contribution < -0.4 is 0 Å². The van der Waals surface area contributed by atoms with Gasteiger partial charge in [-0.3, -0.25) is 0 Å². The molecule has 0 unspecified atom stereocenters. The number of thiol groups is 1. The zero-order valence-corrected chi connectivity index (χ0v) is 11.3. The summed E-state index contributed by atoms with van der Waals surface area (Å²) in [6.45, 7) is 4.47. The van der Waals surface area contributed by atoms with Crippen molar-refractivity contribution in [1.29, 1.82) is 0 Å². The Hall–Kier alpha value is -1.21. The number of rotatable bonds is 4. The second-order valence-electron chi connectivity index (χ2n) is 4.55. The lowest BCUT2D eigenvalue weighted by atomic mass is 10.0. The van der Waals surface area contributed by atoms with Crippen LogP contribution in [0.15, 0.2) is 59.5 Å². The Balaban J connectivity index is 1.96. The van der Waals surface area contributed by atoms with Crippen molar-refractivity contribution in [3.63, 3.8) is 0 Å². The average molecular weight is 243 g/mol. The monoisotopic (exact) mass is 243 g/mol. The lowest BCUT2D eigenvalue weighted by molar-refractivity contribution is 0.866. The van der Waals surface area contributed by atoms with E-state index in [4.69, 9.17) is 0 Å². The van der Waals surface area contributed by atoms with E-state index in [2.05, 4.69) is 68.4 Å². The molecule has 2 rings (SSSR count). The van der Waals surface area contributed by atoms with E-state index >= 15 is 0 Å². The fourth-order valence-corrected chi connectivity index (χ4v) is 2.68. The molecule has 0 spiro atoms. The van der Waals surface area contributed by atoms with Gasteiger partial charge >= 0.3 is 0 Å². The van der Waals surface area contributed by atoms with Gasteiger partial charge in [-0.15, -0.1) is 0 Å². The summed E-state index contributed by atoms with van der Waals surface area (Å²) >= 11 is 1.38. The number of hydrogen-bond acceptors (Lipinski definition) is 0. The van der Waals surface area contributed by atoms with Gasteiger partial charge in [-0.25, -0.2) is 0 Å². The van der Waals surface area contributed by atoms with Crippen LogP contribution in [0, 0.1) is 0 Å². The topological polar surface area (TPSA) is 0 Å². The third kappa shape index (κ3) is 3.64. The lowest BCUT2D eigenvalue weighted by Crippen LogP contribution is -1.91. The van der Waals surface area contributed by atoms with Crippen LogP contribution in [-0.4, -0.2) is 0 Å². The molecule has 0 radical (unpaired) electrons. The molecule has 0 saturated heterocycles. The molecule has 0 aliphatic carbocycles. The second-order valence-corrected chi connectivity index (χ2v) is 5.70. The molecule has 0 fully saturated rings. The third-order valence-corrected chi connectivity index (χ3v) is 4.03. The summed E-state index contributed by atoms with van der Waals surface area (Å²) in [6, 6.07) is 19.6. The van der Waals surface area contributed by atoms with E-state index in [1.54, 1.807) is 0 Å². The van der Waals surface area contributed by atoms with Gasteiger partial charge in [-0.2, -0.15) is 0 Å². The van der Waals surface area contributed by atoms with E-state index in [1.807, 2.05) is 0 Å². The second kappa shape index (κ2) is 5.92. The van der Waals surface area contributed by atoms with Gasteiger partial charge in [-0.05, 0) is 23.6 Å².